The standard InChI is InChI=1S/C14H20FNO4S/c1-19-12-7-11(15)14(8-13(12)20-2)21(17,18)16-9-10-5-3-4-6-10/h7-8,10,16H,3-6,9H2,1-2H3. The smallest absolute Gasteiger partial charge is 0.243 e. The Kier molecular flexibility index (Phi) is 5.05. The van der Waals surface area contributed by atoms with Crippen molar-refractivity contribution in [2.45, 2.75) is 30.6 Å². The SMILES string of the molecule is COc1cc(F)c(S(=O)(=O)NCC2CCCC2)cc1OC. The van der Waals surface area contributed by atoms with Gasteiger partial charge in [0.15, 0.2) is 11.5 Å². The van der Waals surface area contributed by atoms with Gasteiger partial charge in [0.25, 0.3) is 0 Å². The molecule has 0 amide bonds. The van der Waals surface area contributed by atoms with Gasteiger partial charge in [0.2, 0.25) is 10.0 Å². The molecule has 1 aromatic carbocycles. The van der Waals surface area contributed by atoms with Gasteiger partial charge in [-0.05, 0) is 18.8 Å². The van der Waals surface area contributed by atoms with Crippen LogP contribution in [0.15, 0.2) is 17.0 Å². The molecule has 1 N–H and O–H groups in total. The van der Waals surface area contributed by atoms with Gasteiger partial charge >= 0.3 is 0 Å². The summed E-state index contributed by atoms with van der Waals surface area (Å²) in [6.07, 6.45) is 4.27. The Bertz CT molecular complexity index is 597. The Balaban J connectivity index is 2.22. The minimum Gasteiger partial charge on any atom is -0.493 e. The molecule has 0 atom stereocenters. The molecule has 1 fully saturated rings. The number of halogens is 1. The molecule has 118 valence electrons. The Labute approximate surface area is 124 Å². The van der Waals surface area contributed by atoms with Crippen molar-refractivity contribution in [3.8, 4) is 11.5 Å². The number of sulfonamides is 1. The van der Waals surface area contributed by atoms with E-state index in [0.717, 1.165) is 37.8 Å². The number of hydrogen-bond donors (Lipinski definition) is 1. The highest BCUT2D eigenvalue weighted by Gasteiger charge is 2.24. The number of hydrogen-bond acceptors (Lipinski definition) is 4. The number of ether oxygens (including phenoxy) is 2. The average Bonchev–Trinajstić information content (AvgIpc) is 2.98. The first kappa shape index (κ1) is 16.0. The Morgan fingerprint density at radius 2 is 1.76 bits per heavy atom. The van der Waals surface area contributed by atoms with Gasteiger partial charge in [0.1, 0.15) is 10.7 Å². The maximum absolute atomic E-state index is 14.0. The lowest BCUT2D eigenvalue weighted by atomic mass is 10.1. The molecule has 1 aliphatic rings. The molecule has 21 heavy (non-hydrogen) atoms. The van der Waals surface area contributed by atoms with E-state index in [1.54, 1.807) is 0 Å². The van der Waals surface area contributed by atoms with Crippen LogP contribution >= 0.6 is 0 Å². The second kappa shape index (κ2) is 6.62. The van der Waals surface area contributed by atoms with Gasteiger partial charge in [0, 0.05) is 18.7 Å². The Morgan fingerprint density at radius 3 is 2.33 bits per heavy atom. The molecular formula is C14H20FNO4S. The molecular weight excluding hydrogens is 297 g/mol. The topological polar surface area (TPSA) is 64.6 Å². The molecule has 7 heteroatoms. The van der Waals surface area contributed by atoms with E-state index in [9.17, 15) is 12.8 Å². The molecule has 0 aromatic heterocycles. The largest absolute Gasteiger partial charge is 0.493 e. The Hall–Kier alpha value is -1.34. The highest BCUT2D eigenvalue weighted by Crippen LogP contribution is 2.32. The van der Waals surface area contributed by atoms with Crippen molar-refractivity contribution >= 4 is 10.0 Å². The fourth-order valence-corrected chi connectivity index (χ4v) is 3.75. The fourth-order valence-electron chi connectivity index (χ4n) is 2.56. The van der Waals surface area contributed by atoms with E-state index in [0.29, 0.717) is 12.5 Å². The second-order valence-corrected chi connectivity index (χ2v) is 6.88. The molecule has 0 spiro atoms. The van der Waals surface area contributed by atoms with E-state index < -0.39 is 20.7 Å². The van der Waals surface area contributed by atoms with Crippen molar-refractivity contribution in [1.82, 2.24) is 4.72 Å². The van der Waals surface area contributed by atoms with Crippen molar-refractivity contribution in [1.29, 1.82) is 0 Å². The van der Waals surface area contributed by atoms with E-state index >= 15 is 0 Å². The summed E-state index contributed by atoms with van der Waals surface area (Å²) in [5, 5.41) is 0. The Morgan fingerprint density at radius 1 is 1.19 bits per heavy atom. The molecule has 0 bridgehead atoms. The summed E-state index contributed by atoms with van der Waals surface area (Å²) in [5.41, 5.74) is 0. The van der Waals surface area contributed by atoms with Crippen molar-refractivity contribution in [2.75, 3.05) is 20.8 Å². The highest BCUT2D eigenvalue weighted by atomic mass is 32.2. The summed E-state index contributed by atoms with van der Waals surface area (Å²) in [6, 6.07) is 2.16. The van der Waals surface area contributed by atoms with Crippen LogP contribution in [-0.4, -0.2) is 29.2 Å². The molecule has 0 aliphatic heterocycles. The van der Waals surface area contributed by atoms with Gasteiger partial charge in [-0.3, -0.25) is 0 Å². The van der Waals surface area contributed by atoms with Gasteiger partial charge < -0.3 is 9.47 Å². The van der Waals surface area contributed by atoms with E-state index in [1.807, 2.05) is 0 Å². The molecule has 0 heterocycles. The quantitative estimate of drug-likeness (QED) is 0.874. The zero-order valence-electron chi connectivity index (χ0n) is 12.2. The monoisotopic (exact) mass is 317 g/mol. The van der Waals surface area contributed by atoms with Crippen LogP contribution in [0.1, 0.15) is 25.7 Å². The van der Waals surface area contributed by atoms with Gasteiger partial charge in [0.05, 0.1) is 14.2 Å². The molecule has 1 aliphatic carbocycles. The molecule has 1 aromatic rings. The van der Waals surface area contributed by atoms with E-state index in [1.165, 1.54) is 14.2 Å². The average molecular weight is 317 g/mol. The van der Waals surface area contributed by atoms with Gasteiger partial charge in [-0.25, -0.2) is 17.5 Å². The van der Waals surface area contributed by atoms with Crippen molar-refractivity contribution in [3.63, 3.8) is 0 Å². The molecule has 1 saturated carbocycles. The van der Waals surface area contributed by atoms with E-state index in [4.69, 9.17) is 9.47 Å². The van der Waals surface area contributed by atoms with E-state index in [2.05, 4.69) is 4.72 Å². The summed E-state index contributed by atoms with van der Waals surface area (Å²) in [7, 11) is -1.16. The van der Waals surface area contributed by atoms with E-state index in [-0.39, 0.29) is 11.5 Å². The number of benzene rings is 1. The van der Waals surface area contributed by atoms with Crippen LogP contribution in [0, 0.1) is 11.7 Å². The minimum atomic E-state index is -3.90. The second-order valence-electron chi connectivity index (χ2n) is 5.14. The van der Waals surface area contributed by atoms with Gasteiger partial charge in [-0.15, -0.1) is 0 Å². The maximum atomic E-state index is 14.0. The van der Waals surface area contributed by atoms with Crippen molar-refractivity contribution < 1.29 is 22.3 Å². The summed E-state index contributed by atoms with van der Waals surface area (Å²) in [6.45, 7) is 0.343. The minimum absolute atomic E-state index is 0.157. The lowest BCUT2D eigenvalue weighted by molar-refractivity contribution is 0.350. The van der Waals surface area contributed by atoms with Crippen LogP contribution in [0.5, 0.6) is 11.5 Å². The maximum Gasteiger partial charge on any atom is 0.243 e. The highest BCUT2D eigenvalue weighted by molar-refractivity contribution is 7.89. The van der Waals surface area contributed by atoms with Crippen LogP contribution < -0.4 is 14.2 Å². The number of methoxy groups -OCH3 is 2. The van der Waals surface area contributed by atoms with Crippen molar-refractivity contribution in [3.05, 3.63) is 17.9 Å². The normalized spacial score (nSPS) is 16.1. The molecule has 0 saturated heterocycles. The third-order valence-corrected chi connectivity index (χ3v) is 5.20. The summed E-state index contributed by atoms with van der Waals surface area (Å²) in [4.78, 5) is -0.418. The van der Waals surface area contributed by atoms with Gasteiger partial charge in [-0.1, -0.05) is 12.8 Å². The predicted molar refractivity (Wildman–Crippen MR) is 76.7 cm³/mol. The lowest BCUT2D eigenvalue weighted by Crippen LogP contribution is -2.29. The first-order valence-electron chi connectivity index (χ1n) is 6.89. The fraction of sp³-hybridized carbons (Fsp3) is 0.571. The zero-order chi connectivity index (χ0) is 15.5. The summed E-state index contributed by atoms with van der Waals surface area (Å²) >= 11 is 0. The summed E-state index contributed by atoms with van der Waals surface area (Å²) in [5.74, 6) is -0.181. The molecule has 5 nitrogen and oxygen atoms in total. The number of rotatable bonds is 6. The summed E-state index contributed by atoms with van der Waals surface area (Å²) < 4.78 is 50.9. The van der Waals surface area contributed by atoms with Crippen LogP contribution in [0.3, 0.4) is 0 Å². The van der Waals surface area contributed by atoms with Crippen LogP contribution in [0.25, 0.3) is 0 Å². The predicted octanol–water partition coefficient (Wildman–Crippen LogP) is 2.31. The van der Waals surface area contributed by atoms with Crippen molar-refractivity contribution in [2.24, 2.45) is 5.92 Å². The zero-order valence-corrected chi connectivity index (χ0v) is 13.0. The molecule has 2 rings (SSSR count). The molecule has 0 radical (unpaired) electrons. The third-order valence-electron chi connectivity index (χ3n) is 3.76. The number of nitrogens with one attached hydrogen (secondary N) is 1. The van der Waals surface area contributed by atoms with Crippen LogP contribution in [0.4, 0.5) is 4.39 Å². The van der Waals surface area contributed by atoms with Crippen LogP contribution in [0.2, 0.25) is 0 Å². The van der Waals surface area contributed by atoms with Gasteiger partial charge in [-0.2, -0.15) is 0 Å². The third kappa shape index (κ3) is 3.65. The van der Waals surface area contributed by atoms with Crippen LogP contribution in [-0.2, 0) is 10.0 Å². The first-order valence-corrected chi connectivity index (χ1v) is 8.37. The lowest BCUT2D eigenvalue weighted by Gasteiger charge is -2.14. The molecule has 0 unspecified atom stereocenters. The first-order chi connectivity index (χ1) is 9.97.